The second-order valence-electron chi connectivity index (χ2n) is 3.45. The molecule has 2 rings (SSSR count). The predicted molar refractivity (Wildman–Crippen MR) is 67.3 cm³/mol. The van der Waals surface area contributed by atoms with Gasteiger partial charge in [0.1, 0.15) is 16.5 Å². The van der Waals surface area contributed by atoms with E-state index in [1.807, 2.05) is 13.8 Å². The fraction of sp³-hybridized carbons (Fsp3) is 0.273. The Hall–Kier alpha value is -1.20. The molecule has 0 N–H and O–H groups in total. The lowest BCUT2D eigenvalue weighted by Gasteiger charge is -2.05. The van der Waals surface area contributed by atoms with E-state index in [4.69, 9.17) is 11.6 Å². The highest BCUT2D eigenvalue weighted by Gasteiger charge is 2.10. The Labute approximate surface area is 109 Å². The molecule has 2 aromatic heterocycles. The lowest BCUT2D eigenvalue weighted by atomic mass is 10.3. The summed E-state index contributed by atoms with van der Waals surface area (Å²) >= 11 is 7.42. The molecule has 0 radical (unpaired) electrons. The van der Waals surface area contributed by atoms with Gasteiger partial charge in [0.15, 0.2) is 5.16 Å². The average Bonchev–Trinajstić information content (AvgIpc) is 2.32. The Bertz CT molecular complexity index is 515. The van der Waals surface area contributed by atoms with Crippen LogP contribution in [0, 0.1) is 6.92 Å². The Balaban J connectivity index is 2.29. The maximum absolute atomic E-state index is 6.02. The zero-order valence-corrected chi connectivity index (χ0v) is 11.1. The Morgan fingerprint density at radius 3 is 2.53 bits per heavy atom. The van der Waals surface area contributed by atoms with E-state index in [0.29, 0.717) is 10.3 Å². The second kappa shape index (κ2) is 5.42. The van der Waals surface area contributed by atoms with Crippen LogP contribution in [0.5, 0.6) is 0 Å². The number of hydrogen-bond acceptors (Lipinski definition) is 5. The molecule has 0 spiro atoms. The highest BCUT2D eigenvalue weighted by atomic mass is 35.5. The van der Waals surface area contributed by atoms with Crippen LogP contribution < -0.4 is 0 Å². The third-order valence-electron chi connectivity index (χ3n) is 2.15. The van der Waals surface area contributed by atoms with Crippen LogP contribution in [0.4, 0.5) is 0 Å². The van der Waals surface area contributed by atoms with Crippen molar-refractivity contribution in [3.8, 4) is 0 Å². The molecule has 0 saturated heterocycles. The molecule has 0 unspecified atom stereocenters. The van der Waals surface area contributed by atoms with E-state index in [-0.39, 0.29) is 0 Å². The summed E-state index contributed by atoms with van der Waals surface area (Å²) in [6.45, 7) is 3.97. The zero-order chi connectivity index (χ0) is 12.3. The van der Waals surface area contributed by atoms with E-state index in [9.17, 15) is 0 Å². The Kier molecular flexibility index (Phi) is 3.91. The van der Waals surface area contributed by atoms with Crippen molar-refractivity contribution < 1.29 is 0 Å². The van der Waals surface area contributed by atoms with Crippen molar-refractivity contribution in [3.63, 3.8) is 0 Å². The van der Waals surface area contributed by atoms with Gasteiger partial charge in [-0.3, -0.25) is 0 Å². The topological polar surface area (TPSA) is 51.6 Å². The summed E-state index contributed by atoms with van der Waals surface area (Å²) in [4.78, 5) is 16.6. The summed E-state index contributed by atoms with van der Waals surface area (Å²) in [6, 6.07) is 0. The summed E-state index contributed by atoms with van der Waals surface area (Å²) in [6.07, 6.45) is 5.80. The molecule has 4 nitrogen and oxygen atoms in total. The molecule has 0 bridgehead atoms. The first kappa shape index (κ1) is 12.3. The lowest BCUT2D eigenvalue weighted by molar-refractivity contribution is 0.916. The van der Waals surface area contributed by atoms with Crippen LogP contribution in [0.2, 0.25) is 5.15 Å². The van der Waals surface area contributed by atoms with E-state index in [1.54, 1.807) is 12.4 Å². The van der Waals surface area contributed by atoms with Gasteiger partial charge in [0.05, 0.1) is 0 Å². The van der Waals surface area contributed by atoms with Crippen molar-refractivity contribution >= 4 is 23.4 Å². The molecule has 0 atom stereocenters. The van der Waals surface area contributed by atoms with Crippen molar-refractivity contribution in [2.24, 2.45) is 0 Å². The minimum absolute atomic E-state index is 0.497. The van der Waals surface area contributed by atoms with Gasteiger partial charge in [0.2, 0.25) is 0 Å². The van der Waals surface area contributed by atoms with Gasteiger partial charge in [-0.15, -0.1) is 0 Å². The van der Waals surface area contributed by atoms with E-state index in [1.165, 1.54) is 18.1 Å². The minimum Gasteiger partial charge on any atom is -0.231 e. The highest BCUT2D eigenvalue weighted by Crippen LogP contribution is 2.28. The van der Waals surface area contributed by atoms with Crippen LogP contribution in [0.15, 0.2) is 28.9 Å². The molecule has 0 aliphatic rings. The van der Waals surface area contributed by atoms with Crippen LogP contribution in [-0.2, 0) is 6.42 Å². The van der Waals surface area contributed by atoms with Crippen LogP contribution in [0.3, 0.4) is 0 Å². The maximum atomic E-state index is 6.02. The van der Waals surface area contributed by atoms with Gasteiger partial charge in [-0.05, 0) is 30.7 Å². The van der Waals surface area contributed by atoms with E-state index in [2.05, 4.69) is 19.9 Å². The zero-order valence-electron chi connectivity index (χ0n) is 9.51. The minimum atomic E-state index is 0.497. The number of rotatable bonds is 3. The SMILES string of the molecule is CCc1c(Cl)ncnc1Sc1ncc(C)cn1. The monoisotopic (exact) mass is 266 g/mol. The predicted octanol–water partition coefficient (Wildman–Crippen LogP) is 2.94. The highest BCUT2D eigenvalue weighted by molar-refractivity contribution is 7.99. The molecule has 0 amide bonds. The van der Waals surface area contributed by atoms with Gasteiger partial charge in [-0.25, -0.2) is 19.9 Å². The molecule has 2 aromatic rings. The first-order chi connectivity index (χ1) is 8.20. The molecule has 2 heterocycles. The summed E-state index contributed by atoms with van der Waals surface area (Å²) in [5, 5.41) is 1.98. The van der Waals surface area contributed by atoms with Crippen LogP contribution >= 0.6 is 23.4 Å². The normalized spacial score (nSPS) is 10.5. The number of halogens is 1. The molecule has 0 saturated carbocycles. The van der Waals surface area contributed by atoms with Crippen LogP contribution in [-0.4, -0.2) is 19.9 Å². The van der Waals surface area contributed by atoms with Crippen LogP contribution in [0.1, 0.15) is 18.1 Å². The van der Waals surface area contributed by atoms with Crippen LogP contribution in [0.25, 0.3) is 0 Å². The molecule has 0 fully saturated rings. The molecule has 88 valence electrons. The number of hydrogen-bond donors (Lipinski definition) is 0. The molecule has 0 aromatic carbocycles. The molecular weight excluding hydrogens is 256 g/mol. The van der Waals surface area contributed by atoms with E-state index < -0.39 is 0 Å². The summed E-state index contributed by atoms with van der Waals surface area (Å²) in [5.74, 6) is 0. The summed E-state index contributed by atoms with van der Waals surface area (Å²) in [5.41, 5.74) is 1.97. The number of aromatic nitrogens is 4. The standard InChI is InChI=1S/C11H11ClN4S/c1-3-8-9(12)15-6-16-10(8)17-11-13-4-7(2)5-14-11/h4-6H,3H2,1-2H3. The second-order valence-corrected chi connectivity index (χ2v) is 4.76. The Morgan fingerprint density at radius 2 is 1.88 bits per heavy atom. The third kappa shape index (κ3) is 2.92. The first-order valence-electron chi connectivity index (χ1n) is 5.16. The molecule has 17 heavy (non-hydrogen) atoms. The molecule has 0 aliphatic carbocycles. The van der Waals surface area contributed by atoms with Crippen molar-refractivity contribution in [2.75, 3.05) is 0 Å². The average molecular weight is 267 g/mol. The van der Waals surface area contributed by atoms with Gasteiger partial charge >= 0.3 is 0 Å². The van der Waals surface area contributed by atoms with Gasteiger partial charge in [-0.1, -0.05) is 18.5 Å². The van der Waals surface area contributed by atoms with Gasteiger partial charge in [0, 0.05) is 18.0 Å². The quantitative estimate of drug-likeness (QED) is 0.631. The Morgan fingerprint density at radius 1 is 1.18 bits per heavy atom. The van der Waals surface area contributed by atoms with E-state index in [0.717, 1.165) is 22.6 Å². The largest absolute Gasteiger partial charge is 0.231 e. The number of aryl methyl sites for hydroxylation is 1. The van der Waals surface area contributed by atoms with Crippen molar-refractivity contribution in [3.05, 3.63) is 35.0 Å². The smallest absolute Gasteiger partial charge is 0.193 e. The fourth-order valence-electron chi connectivity index (χ4n) is 1.28. The lowest BCUT2D eigenvalue weighted by Crippen LogP contribution is -1.95. The first-order valence-corrected chi connectivity index (χ1v) is 6.36. The van der Waals surface area contributed by atoms with Gasteiger partial charge in [0.25, 0.3) is 0 Å². The summed E-state index contributed by atoms with van der Waals surface area (Å²) < 4.78 is 0. The van der Waals surface area contributed by atoms with Crippen molar-refractivity contribution in [1.82, 2.24) is 19.9 Å². The van der Waals surface area contributed by atoms with Crippen molar-refractivity contribution in [1.29, 1.82) is 0 Å². The molecule has 0 aliphatic heterocycles. The fourth-order valence-corrected chi connectivity index (χ4v) is 2.45. The number of nitrogens with zero attached hydrogens (tertiary/aromatic N) is 4. The van der Waals surface area contributed by atoms with Gasteiger partial charge < -0.3 is 0 Å². The van der Waals surface area contributed by atoms with Gasteiger partial charge in [-0.2, -0.15) is 0 Å². The summed E-state index contributed by atoms with van der Waals surface area (Å²) in [7, 11) is 0. The maximum Gasteiger partial charge on any atom is 0.193 e. The third-order valence-corrected chi connectivity index (χ3v) is 3.42. The van der Waals surface area contributed by atoms with Crippen molar-refractivity contribution in [2.45, 2.75) is 30.5 Å². The van der Waals surface area contributed by atoms with E-state index >= 15 is 0 Å². The molecular formula is C11H11ClN4S. The molecule has 6 heteroatoms.